The first-order valence-electron chi connectivity index (χ1n) is 8.71. The van der Waals surface area contributed by atoms with E-state index in [1.54, 1.807) is 0 Å². The molecule has 1 aromatic carbocycles. The molecule has 24 heavy (non-hydrogen) atoms. The summed E-state index contributed by atoms with van der Waals surface area (Å²) in [6, 6.07) is 9.86. The number of benzene rings is 1. The Morgan fingerprint density at radius 2 is 1.83 bits per heavy atom. The number of nitrogens with one attached hydrogen (secondary N) is 1. The SMILES string of the molecule is CCOC(=O)CC1CC2(C1)CC(NC(=O)OCc1ccccc1)C2. The average Bonchev–Trinajstić information content (AvgIpc) is 2.50. The number of hydrogen-bond acceptors (Lipinski definition) is 4. The molecule has 2 aliphatic rings. The molecule has 130 valence electrons. The second-order valence-corrected chi connectivity index (χ2v) is 7.09. The molecule has 0 atom stereocenters. The summed E-state index contributed by atoms with van der Waals surface area (Å²) < 4.78 is 10.2. The van der Waals surface area contributed by atoms with Crippen LogP contribution in [0.3, 0.4) is 0 Å². The molecule has 0 radical (unpaired) electrons. The minimum Gasteiger partial charge on any atom is -0.466 e. The van der Waals surface area contributed by atoms with Gasteiger partial charge in [0, 0.05) is 12.5 Å². The Labute approximate surface area is 142 Å². The van der Waals surface area contributed by atoms with E-state index in [-0.39, 0.29) is 18.1 Å². The van der Waals surface area contributed by atoms with Crippen molar-refractivity contribution in [3.05, 3.63) is 35.9 Å². The van der Waals surface area contributed by atoms with Gasteiger partial charge in [0.05, 0.1) is 6.61 Å². The van der Waals surface area contributed by atoms with Gasteiger partial charge in [-0.2, -0.15) is 0 Å². The summed E-state index contributed by atoms with van der Waals surface area (Å²) in [5, 5.41) is 2.93. The number of alkyl carbamates (subject to hydrolysis) is 1. The molecule has 2 aliphatic carbocycles. The smallest absolute Gasteiger partial charge is 0.407 e. The molecule has 2 saturated carbocycles. The molecule has 0 bridgehead atoms. The average molecular weight is 331 g/mol. The fraction of sp³-hybridized carbons (Fsp3) is 0.579. The van der Waals surface area contributed by atoms with Gasteiger partial charge in [-0.3, -0.25) is 4.79 Å². The van der Waals surface area contributed by atoms with E-state index in [1.807, 2.05) is 37.3 Å². The number of hydrogen-bond donors (Lipinski definition) is 1. The van der Waals surface area contributed by atoms with Gasteiger partial charge in [0.15, 0.2) is 0 Å². The Morgan fingerprint density at radius 1 is 1.12 bits per heavy atom. The molecule has 0 unspecified atom stereocenters. The number of rotatable bonds is 6. The molecule has 0 heterocycles. The van der Waals surface area contributed by atoms with Crippen LogP contribution in [0, 0.1) is 11.3 Å². The second kappa shape index (κ2) is 7.24. The van der Waals surface area contributed by atoms with Crippen LogP contribution in [-0.4, -0.2) is 24.7 Å². The normalized spacial score (nSPS) is 27.7. The van der Waals surface area contributed by atoms with Crippen molar-refractivity contribution in [2.24, 2.45) is 11.3 Å². The van der Waals surface area contributed by atoms with Gasteiger partial charge in [-0.25, -0.2) is 4.79 Å². The zero-order chi connectivity index (χ0) is 17.0. The summed E-state index contributed by atoms with van der Waals surface area (Å²) in [4.78, 5) is 23.3. The van der Waals surface area contributed by atoms with E-state index in [9.17, 15) is 9.59 Å². The third-order valence-electron chi connectivity index (χ3n) is 5.10. The van der Waals surface area contributed by atoms with Gasteiger partial charge in [-0.1, -0.05) is 30.3 Å². The van der Waals surface area contributed by atoms with Crippen LogP contribution in [0.2, 0.25) is 0 Å². The lowest BCUT2D eigenvalue weighted by Gasteiger charge is -2.57. The van der Waals surface area contributed by atoms with Gasteiger partial charge in [0.25, 0.3) is 0 Å². The molecular formula is C19H25NO4. The fourth-order valence-electron chi connectivity index (χ4n) is 4.12. The van der Waals surface area contributed by atoms with E-state index in [2.05, 4.69) is 5.32 Å². The zero-order valence-electron chi connectivity index (χ0n) is 14.1. The quantitative estimate of drug-likeness (QED) is 0.811. The van der Waals surface area contributed by atoms with Crippen LogP contribution in [0.4, 0.5) is 4.79 Å². The topological polar surface area (TPSA) is 64.6 Å². The van der Waals surface area contributed by atoms with E-state index in [0.717, 1.165) is 31.2 Å². The minimum absolute atomic E-state index is 0.0872. The van der Waals surface area contributed by atoms with Gasteiger partial charge < -0.3 is 14.8 Å². The lowest BCUT2D eigenvalue weighted by molar-refractivity contribution is -0.148. The van der Waals surface area contributed by atoms with E-state index in [0.29, 0.717) is 31.0 Å². The summed E-state index contributed by atoms with van der Waals surface area (Å²) in [6.07, 6.45) is 4.32. The predicted octanol–water partition coefficient (Wildman–Crippen LogP) is 3.42. The van der Waals surface area contributed by atoms with Crippen LogP contribution < -0.4 is 5.32 Å². The Kier molecular flexibility index (Phi) is 5.07. The summed E-state index contributed by atoms with van der Waals surface area (Å²) in [5.41, 5.74) is 1.33. The number of carbonyl (C=O) groups is 2. The minimum atomic E-state index is -0.346. The van der Waals surface area contributed by atoms with E-state index >= 15 is 0 Å². The van der Waals surface area contributed by atoms with Crippen molar-refractivity contribution in [2.75, 3.05) is 6.61 Å². The highest BCUT2D eigenvalue weighted by Gasteiger charge is 2.53. The fourth-order valence-corrected chi connectivity index (χ4v) is 4.12. The molecule has 1 N–H and O–H groups in total. The molecule has 0 aromatic heterocycles. The molecule has 3 rings (SSSR count). The summed E-state index contributed by atoms with van der Waals surface area (Å²) in [5.74, 6) is 0.367. The zero-order valence-corrected chi connectivity index (χ0v) is 14.1. The third kappa shape index (κ3) is 4.08. The van der Waals surface area contributed by atoms with Crippen LogP contribution in [0.5, 0.6) is 0 Å². The summed E-state index contributed by atoms with van der Waals surface area (Å²) >= 11 is 0. The Hall–Kier alpha value is -2.04. The molecule has 0 aliphatic heterocycles. The molecule has 1 spiro atoms. The molecule has 5 heteroatoms. The first-order chi connectivity index (χ1) is 11.6. The van der Waals surface area contributed by atoms with Crippen LogP contribution >= 0.6 is 0 Å². The molecule has 2 fully saturated rings. The first-order valence-corrected chi connectivity index (χ1v) is 8.71. The van der Waals surface area contributed by atoms with Crippen LogP contribution in [0.1, 0.15) is 44.6 Å². The maximum Gasteiger partial charge on any atom is 0.407 e. The van der Waals surface area contributed by atoms with Crippen molar-refractivity contribution in [3.8, 4) is 0 Å². The van der Waals surface area contributed by atoms with E-state index < -0.39 is 0 Å². The molecule has 1 aromatic rings. The van der Waals surface area contributed by atoms with Crippen molar-refractivity contribution in [1.29, 1.82) is 0 Å². The van der Waals surface area contributed by atoms with Gasteiger partial charge in [-0.15, -0.1) is 0 Å². The predicted molar refractivity (Wildman–Crippen MR) is 89.2 cm³/mol. The number of amides is 1. The standard InChI is InChI=1S/C19H25NO4/c1-2-23-17(21)8-15-9-19(10-15)11-16(12-19)20-18(22)24-13-14-6-4-3-5-7-14/h3-7,15-16H,2,8-13H2,1H3,(H,20,22). The summed E-state index contributed by atoms with van der Waals surface area (Å²) in [6.45, 7) is 2.58. The van der Waals surface area contributed by atoms with Gasteiger partial charge in [-0.05, 0) is 49.5 Å². The van der Waals surface area contributed by atoms with Crippen molar-refractivity contribution in [3.63, 3.8) is 0 Å². The maximum atomic E-state index is 11.8. The molecule has 0 saturated heterocycles. The van der Waals surface area contributed by atoms with Crippen LogP contribution in [-0.2, 0) is 20.9 Å². The van der Waals surface area contributed by atoms with Crippen molar-refractivity contribution < 1.29 is 19.1 Å². The molecular weight excluding hydrogens is 306 g/mol. The van der Waals surface area contributed by atoms with E-state index in [4.69, 9.17) is 9.47 Å². The highest BCUT2D eigenvalue weighted by molar-refractivity contribution is 5.70. The monoisotopic (exact) mass is 331 g/mol. The second-order valence-electron chi connectivity index (χ2n) is 7.09. The van der Waals surface area contributed by atoms with Crippen LogP contribution in [0.15, 0.2) is 30.3 Å². The van der Waals surface area contributed by atoms with Gasteiger partial charge >= 0.3 is 12.1 Å². The lowest BCUT2D eigenvalue weighted by atomic mass is 9.49. The largest absolute Gasteiger partial charge is 0.466 e. The third-order valence-corrected chi connectivity index (χ3v) is 5.10. The Morgan fingerprint density at radius 3 is 2.50 bits per heavy atom. The highest BCUT2D eigenvalue weighted by Crippen LogP contribution is 2.59. The van der Waals surface area contributed by atoms with Gasteiger partial charge in [0.1, 0.15) is 6.61 Å². The number of carbonyl (C=O) groups excluding carboxylic acids is 2. The van der Waals surface area contributed by atoms with E-state index in [1.165, 1.54) is 0 Å². The lowest BCUT2D eigenvalue weighted by Crippen LogP contribution is -2.56. The first kappa shape index (κ1) is 16.8. The number of ether oxygens (including phenoxy) is 2. The Bertz CT molecular complexity index is 572. The molecule has 1 amide bonds. The Balaban J connectivity index is 1.30. The van der Waals surface area contributed by atoms with Crippen molar-refractivity contribution >= 4 is 12.1 Å². The maximum absolute atomic E-state index is 11.8. The van der Waals surface area contributed by atoms with Gasteiger partial charge in [0.2, 0.25) is 0 Å². The highest BCUT2D eigenvalue weighted by atomic mass is 16.5. The van der Waals surface area contributed by atoms with Crippen LogP contribution in [0.25, 0.3) is 0 Å². The van der Waals surface area contributed by atoms with Crippen molar-refractivity contribution in [2.45, 2.75) is 51.7 Å². The number of esters is 1. The molecule has 5 nitrogen and oxygen atoms in total. The van der Waals surface area contributed by atoms with Crippen molar-refractivity contribution in [1.82, 2.24) is 5.32 Å². The summed E-state index contributed by atoms with van der Waals surface area (Å²) in [7, 11) is 0.